The average molecular weight is 251 g/mol. The summed E-state index contributed by atoms with van der Waals surface area (Å²) in [6.07, 6.45) is 7.10. The molecule has 0 radical (unpaired) electrons. The van der Waals surface area contributed by atoms with Crippen molar-refractivity contribution in [2.75, 3.05) is 6.54 Å². The van der Waals surface area contributed by atoms with Crippen LogP contribution < -0.4 is 5.73 Å². The maximum atomic E-state index is 8.56. The predicted molar refractivity (Wildman–Crippen MR) is 69.4 cm³/mol. The van der Waals surface area contributed by atoms with Gasteiger partial charge < -0.3 is 10.9 Å². The van der Waals surface area contributed by atoms with Crippen LogP contribution in [0.3, 0.4) is 0 Å². The quantitative estimate of drug-likeness (QED) is 0.328. The molecule has 6 heteroatoms. The van der Waals surface area contributed by atoms with E-state index in [4.69, 9.17) is 10.9 Å². The van der Waals surface area contributed by atoms with Crippen molar-refractivity contribution < 1.29 is 5.21 Å². The van der Waals surface area contributed by atoms with Gasteiger partial charge in [0.1, 0.15) is 5.84 Å². The maximum Gasteiger partial charge on any atom is 0.140 e. The van der Waals surface area contributed by atoms with Crippen LogP contribution in [0.15, 0.2) is 17.5 Å². The smallest absolute Gasteiger partial charge is 0.140 e. The van der Waals surface area contributed by atoms with Gasteiger partial charge in [0.15, 0.2) is 0 Å². The Hall–Kier alpha value is -1.56. The molecule has 0 amide bonds. The van der Waals surface area contributed by atoms with E-state index in [2.05, 4.69) is 28.3 Å². The molecular formula is C12H21N5O. The number of hydrogen-bond donors (Lipinski definition) is 2. The topological polar surface area (TPSA) is 79.7 Å². The van der Waals surface area contributed by atoms with Crippen molar-refractivity contribution in [2.24, 2.45) is 10.9 Å². The maximum absolute atomic E-state index is 8.56. The summed E-state index contributed by atoms with van der Waals surface area (Å²) in [4.78, 5) is 2.38. The third kappa shape index (κ3) is 3.46. The standard InChI is InChI=1S/C12H21N5O/c1-2-17-9-10(7-14-17)8-16(11-3-4-11)6-5-12(13)15-18/h7,9,11,18H,2-6,8H2,1H3,(H2,13,15). The van der Waals surface area contributed by atoms with Crippen molar-refractivity contribution in [1.82, 2.24) is 14.7 Å². The van der Waals surface area contributed by atoms with E-state index < -0.39 is 0 Å². The van der Waals surface area contributed by atoms with Gasteiger partial charge >= 0.3 is 0 Å². The summed E-state index contributed by atoms with van der Waals surface area (Å²) in [5.41, 5.74) is 6.74. The lowest BCUT2D eigenvalue weighted by atomic mass is 10.3. The highest BCUT2D eigenvalue weighted by Gasteiger charge is 2.28. The van der Waals surface area contributed by atoms with Crippen molar-refractivity contribution in [1.29, 1.82) is 0 Å². The Labute approximate surface area is 107 Å². The highest BCUT2D eigenvalue weighted by Crippen LogP contribution is 2.28. The van der Waals surface area contributed by atoms with E-state index in [9.17, 15) is 0 Å². The largest absolute Gasteiger partial charge is 0.409 e. The van der Waals surface area contributed by atoms with Gasteiger partial charge in [-0.05, 0) is 19.8 Å². The number of nitrogens with two attached hydrogens (primary N) is 1. The van der Waals surface area contributed by atoms with Gasteiger partial charge in [-0.25, -0.2) is 0 Å². The van der Waals surface area contributed by atoms with Crippen LogP contribution in [0.1, 0.15) is 31.7 Å². The molecule has 0 aromatic carbocycles. The van der Waals surface area contributed by atoms with Crippen LogP contribution in [0.2, 0.25) is 0 Å². The Morgan fingerprint density at radius 3 is 3.00 bits per heavy atom. The first-order valence-corrected chi connectivity index (χ1v) is 6.44. The lowest BCUT2D eigenvalue weighted by Crippen LogP contribution is -2.29. The second kappa shape index (κ2) is 5.86. The number of rotatable bonds is 7. The van der Waals surface area contributed by atoms with Gasteiger partial charge in [-0.3, -0.25) is 9.58 Å². The average Bonchev–Trinajstić information content (AvgIpc) is 3.14. The highest BCUT2D eigenvalue weighted by atomic mass is 16.4. The summed E-state index contributed by atoms with van der Waals surface area (Å²) in [7, 11) is 0. The van der Waals surface area contributed by atoms with E-state index in [1.807, 2.05) is 10.9 Å². The lowest BCUT2D eigenvalue weighted by Gasteiger charge is -2.20. The second-order valence-corrected chi connectivity index (χ2v) is 4.75. The molecule has 6 nitrogen and oxygen atoms in total. The molecule has 0 spiro atoms. The molecule has 1 fully saturated rings. The molecule has 0 atom stereocenters. The lowest BCUT2D eigenvalue weighted by molar-refractivity contribution is 0.259. The van der Waals surface area contributed by atoms with E-state index in [0.717, 1.165) is 19.6 Å². The van der Waals surface area contributed by atoms with Crippen LogP contribution in [-0.4, -0.2) is 38.3 Å². The summed E-state index contributed by atoms with van der Waals surface area (Å²) in [5.74, 6) is 0.296. The zero-order valence-corrected chi connectivity index (χ0v) is 10.8. The van der Waals surface area contributed by atoms with Crippen molar-refractivity contribution in [2.45, 2.75) is 45.3 Å². The first-order valence-electron chi connectivity index (χ1n) is 6.44. The molecule has 1 aliphatic carbocycles. The van der Waals surface area contributed by atoms with Crippen LogP contribution in [0.25, 0.3) is 0 Å². The summed E-state index contributed by atoms with van der Waals surface area (Å²) < 4.78 is 1.93. The Bertz CT molecular complexity index is 410. The van der Waals surface area contributed by atoms with E-state index >= 15 is 0 Å². The van der Waals surface area contributed by atoms with Crippen LogP contribution in [0, 0.1) is 0 Å². The molecular weight excluding hydrogens is 230 g/mol. The summed E-state index contributed by atoms with van der Waals surface area (Å²) in [6, 6.07) is 0.654. The van der Waals surface area contributed by atoms with Gasteiger partial charge in [0, 0.05) is 43.9 Å². The van der Waals surface area contributed by atoms with E-state index in [1.54, 1.807) is 0 Å². The van der Waals surface area contributed by atoms with E-state index in [0.29, 0.717) is 18.3 Å². The molecule has 0 bridgehead atoms. The fourth-order valence-electron chi connectivity index (χ4n) is 2.03. The molecule has 100 valence electrons. The molecule has 2 rings (SSSR count). The Kier molecular flexibility index (Phi) is 4.19. The fraction of sp³-hybridized carbons (Fsp3) is 0.667. The number of aryl methyl sites for hydroxylation is 1. The predicted octanol–water partition coefficient (Wildman–Crippen LogP) is 1.00. The van der Waals surface area contributed by atoms with Crippen LogP contribution in [0.4, 0.5) is 0 Å². The fourth-order valence-corrected chi connectivity index (χ4v) is 2.03. The molecule has 0 saturated heterocycles. The van der Waals surface area contributed by atoms with Gasteiger partial charge in [0.05, 0.1) is 6.20 Å². The Morgan fingerprint density at radius 1 is 1.67 bits per heavy atom. The van der Waals surface area contributed by atoms with E-state index in [1.165, 1.54) is 18.4 Å². The first kappa shape index (κ1) is 12.9. The molecule has 1 aromatic heterocycles. The van der Waals surface area contributed by atoms with Gasteiger partial charge in [-0.15, -0.1) is 0 Å². The van der Waals surface area contributed by atoms with Crippen molar-refractivity contribution in [3.8, 4) is 0 Å². The number of hydrogen-bond acceptors (Lipinski definition) is 4. The van der Waals surface area contributed by atoms with Crippen molar-refractivity contribution in [3.05, 3.63) is 18.0 Å². The minimum atomic E-state index is 0.296. The van der Waals surface area contributed by atoms with E-state index in [-0.39, 0.29) is 0 Å². The highest BCUT2D eigenvalue weighted by molar-refractivity contribution is 5.79. The van der Waals surface area contributed by atoms with Crippen LogP contribution in [0.5, 0.6) is 0 Å². The van der Waals surface area contributed by atoms with Gasteiger partial charge in [0.25, 0.3) is 0 Å². The minimum Gasteiger partial charge on any atom is -0.409 e. The number of nitrogens with zero attached hydrogens (tertiary/aromatic N) is 4. The number of amidine groups is 1. The Morgan fingerprint density at radius 2 is 2.44 bits per heavy atom. The molecule has 1 aromatic rings. The van der Waals surface area contributed by atoms with Gasteiger partial charge in [0.2, 0.25) is 0 Å². The van der Waals surface area contributed by atoms with Crippen LogP contribution >= 0.6 is 0 Å². The van der Waals surface area contributed by atoms with Gasteiger partial charge in [-0.2, -0.15) is 5.10 Å². The molecule has 0 unspecified atom stereocenters. The van der Waals surface area contributed by atoms with Crippen molar-refractivity contribution in [3.63, 3.8) is 0 Å². The molecule has 3 N–H and O–H groups in total. The number of aromatic nitrogens is 2. The van der Waals surface area contributed by atoms with Crippen LogP contribution in [-0.2, 0) is 13.1 Å². The monoisotopic (exact) mass is 251 g/mol. The van der Waals surface area contributed by atoms with Crippen molar-refractivity contribution >= 4 is 5.84 Å². The molecule has 1 heterocycles. The molecule has 0 aliphatic heterocycles. The summed E-state index contributed by atoms with van der Waals surface area (Å²) in [6.45, 7) is 4.70. The summed E-state index contributed by atoms with van der Waals surface area (Å²) >= 11 is 0. The molecule has 1 aliphatic rings. The Balaban J connectivity index is 1.89. The third-order valence-corrected chi connectivity index (χ3v) is 3.24. The number of oxime groups is 1. The zero-order valence-electron chi connectivity index (χ0n) is 10.8. The second-order valence-electron chi connectivity index (χ2n) is 4.75. The molecule has 1 saturated carbocycles. The normalized spacial score (nSPS) is 16.4. The van der Waals surface area contributed by atoms with Gasteiger partial charge in [-0.1, -0.05) is 5.16 Å². The molecule has 18 heavy (non-hydrogen) atoms. The zero-order chi connectivity index (χ0) is 13.0. The summed E-state index contributed by atoms with van der Waals surface area (Å²) in [5, 5.41) is 15.9. The third-order valence-electron chi connectivity index (χ3n) is 3.24. The first-order chi connectivity index (χ1) is 8.72. The SMILES string of the molecule is CCn1cc(CN(CCC(N)=NO)C2CC2)cn1. The minimum absolute atomic E-state index is 0.296.